The lowest BCUT2D eigenvalue weighted by molar-refractivity contribution is -0.119. The Labute approximate surface area is 159 Å². The molecule has 1 atom stereocenters. The smallest absolute Gasteiger partial charge is 0.230 e. The third kappa shape index (κ3) is 6.42. The van der Waals surface area contributed by atoms with Crippen LogP contribution < -0.4 is 5.32 Å². The lowest BCUT2D eigenvalue weighted by atomic mass is 10.0. The van der Waals surface area contributed by atoms with Gasteiger partial charge in [0, 0.05) is 25.0 Å². The lowest BCUT2D eigenvalue weighted by Crippen LogP contribution is -2.48. The first-order valence-corrected chi connectivity index (χ1v) is 10.2. The molecule has 26 heavy (non-hydrogen) atoms. The zero-order chi connectivity index (χ0) is 18.0. The molecule has 1 aromatic carbocycles. The predicted molar refractivity (Wildman–Crippen MR) is 105 cm³/mol. The lowest BCUT2D eigenvalue weighted by Gasteiger charge is -2.33. The molecule has 5 nitrogen and oxygen atoms in total. The van der Waals surface area contributed by atoms with Crippen LogP contribution in [0.2, 0.25) is 0 Å². The topological polar surface area (TPSA) is 58.1 Å². The highest BCUT2D eigenvalue weighted by Gasteiger charge is 2.21. The van der Waals surface area contributed by atoms with Gasteiger partial charge < -0.3 is 10.2 Å². The highest BCUT2D eigenvalue weighted by atomic mass is 32.2. The number of nitrogens with zero attached hydrogens (tertiary/aromatic N) is 3. The number of hydrogen-bond acceptors (Lipinski definition) is 5. The molecule has 3 rings (SSSR count). The molecule has 1 aromatic heterocycles. The Bertz CT molecular complexity index is 668. The second kappa shape index (κ2) is 10.3. The van der Waals surface area contributed by atoms with E-state index in [1.54, 1.807) is 18.5 Å². The van der Waals surface area contributed by atoms with Gasteiger partial charge in [-0.2, -0.15) is 0 Å². The fourth-order valence-electron chi connectivity index (χ4n) is 3.29. The van der Waals surface area contributed by atoms with E-state index in [0.717, 1.165) is 45.3 Å². The largest absolute Gasteiger partial charge is 0.351 e. The molecular formula is C20H26N4OS. The van der Waals surface area contributed by atoms with Crippen molar-refractivity contribution in [3.8, 4) is 0 Å². The standard InChI is InChI=1S/C20H26N4OS/c25-19(16-26-20-21-11-6-12-22-20)23-18-10-5-14-24(15-18)13-4-9-17-7-2-1-3-8-17/h1-3,6-8,11-12,18H,4-5,9-10,13-16H2,(H,23,25)/t18-/m1/s1. The molecule has 2 aromatic rings. The maximum Gasteiger partial charge on any atom is 0.230 e. The van der Waals surface area contributed by atoms with Crippen LogP contribution in [0.25, 0.3) is 0 Å². The molecule has 1 amide bonds. The average molecular weight is 371 g/mol. The summed E-state index contributed by atoms with van der Waals surface area (Å²) >= 11 is 1.38. The number of hydrogen-bond donors (Lipinski definition) is 1. The van der Waals surface area contributed by atoms with Crippen molar-refractivity contribution in [3.05, 3.63) is 54.4 Å². The quantitative estimate of drug-likeness (QED) is 0.572. The summed E-state index contributed by atoms with van der Waals surface area (Å²) in [7, 11) is 0. The van der Waals surface area contributed by atoms with Gasteiger partial charge in [-0.25, -0.2) is 9.97 Å². The molecule has 0 radical (unpaired) electrons. The summed E-state index contributed by atoms with van der Waals surface area (Å²) in [5.41, 5.74) is 1.40. The minimum atomic E-state index is 0.0681. The Kier molecular flexibility index (Phi) is 7.46. The molecular weight excluding hydrogens is 344 g/mol. The van der Waals surface area contributed by atoms with Gasteiger partial charge in [0.05, 0.1) is 5.75 Å². The van der Waals surface area contributed by atoms with E-state index in [1.165, 1.54) is 17.3 Å². The van der Waals surface area contributed by atoms with Gasteiger partial charge in [-0.3, -0.25) is 4.79 Å². The maximum atomic E-state index is 12.2. The molecule has 0 spiro atoms. The highest BCUT2D eigenvalue weighted by molar-refractivity contribution is 7.99. The van der Waals surface area contributed by atoms with Gasteiger partial charge >= 0.3 is 0 Å². The average Bonchev–Trinajstić information content (AvgIpc) is 2.68. The molecule has 0 bridgehead atoms. The number of rotatable bonds is 8. The SMILES string of the molecule is O=C(CSc1ncccn1)N[C@@H]1CCCN(CCCc2ccccc2)C1. The van der Waals surface area contributed by atoms with Crippen molar-refractivity contribution in [3.63, 3.8) is 0 Å². The van der Waals surface area contributed by atoms with Crippen LogP contribution in [0, 0.1) is 0 Å². The van der Waals surface area contributed by atoms with E-state index in [9.17, 15) is 4.79 Å². The van der Waals surface area contributed by atoms with Gasteiger partial charge in [0.15, 0.2) is 5.16 Å². The number of piperidine rings is 1. The van der Waals surface area contributed by atoms with Crippen LogP contribution in [0.4, 0.5) is 0 Å². The molecule has 0 saturated carbocycles. The Hall–Kier alpha value is -1.92. The number of carbonyl (C=O) groups is 1. The number of benzene rings is 1. The molecule has 0 aliphatic carbocycles. The monoisotopic (exact) mass is 370 g/mol. The number of nitrogens with one attached hydrogen (secondary N) is 1. The molecule has 1 saturated heterocycles. The summed E-state index contributed by atoms with van der Waals surface area (Å²) in [6.07, 6.45) is 7.87. The number of likely N-dealkylation sites (tertiary alicyclic amines) is 1. The molecule has 2 heterocycles. The van der Waals surface area contributed by atoms with E-state index >= 15 is 0 Å². The van der Waals surface area contributed by atoms with Crippen LogP contribution in [0.5, 0.6) is 0 Å². The molecule has 1 aliphatic heterocycles. The fraction of sp³-hybridized carbons (Fsp3) is 0.450. The maximum absolute atomic E-state index is 12.2. The van der Waals surface area contributed by atoms with Gasteiger partial charge in [-0.1, -0.05) is 42.1 Å². The number of aryl methyl sites for hydroxylation is 1. The molecule has 0 unspecified atom stereocenters. The van der Waals surface area contributed by atoms with Crippen LogP contribution in [0.15, 0.2) is 53.9 Å². The Morgan fingerprint density at radius 2 is 2.00 bits per heavy atom. The number of amides is 1. The summed E-state index contributed by atoms with van der Waals surface area (Å²) in [6, 6.07) is 12.7. The first-order valence-electron chi connectivity index (χ1n) is 9.25. The first-order chi connectivity index (χ1) is 12.8. The first kappa shape index (κ1) is 18.9. The van der Waals surface area contributed by atoms with Crippen LogP contribution >= 0.6 is 11.8 Å². The third-order valence-corrected chi connectivity index (χ3v) is 5.40. The van der Waals surface area contributed by atoms with Crippen molar-refractivity contribution in [1.82, 2.24) is 20.2 Å². The van der Waals surface area contributed by atoms with Crippen molar-refractivity contribution in [1.29, 1.82) is 0 Å². The molecule has 138 valence electrons. The fourth-order valence-corrected chi connectivity index (χ4v) is 3.90. The second-order valence-corrected chi connectivity index (χ2v) is 7.56. The van der Waals surface area contributed by atoms with Crippen molar-refractivity contribution in [2.75, 3.05) is 25.4 Å². The van der Waals surface area contributed by atoms with Crippen LogP contribution in [-0.2, 0) is 11.2 Å². The number of carbonyl (C=O) groups excluding carboxylic acids is 1. The Morgan fingerprint density at radius 3 is 2.81 bits per heavy atom. The van der Waals surface area contributed by atoms with Crippen molar-refractivity contribution in [2.24, 2.45) is 0 Å². The number of aromatic nitrogens is 2. The summed E-state index contributed by atoms with van der Waals surface area (Å²) in [6.45, 7) is 3.18. The van der Waals surface area contributed by atoms with E-state index in [1.807, 2.05) is 0 Å². The van der Waals surface area contributed by atoms with E-state index in [2.05, 4.69) is 50.5 Å². The second-order valence-electron chi connectivity index (χ2n) is 6.62. The zero-order valence-electron chi connectivity index (χ0n) is 15.0. The Balaban J connectivity index is 1.35. The van der Waals surface area contributed by atoms with Crippen LogP contribution in [-0.4, -0.2) is 52.2 Å². The summed E-state index contributed by atoms with van der Waals surface area (Å²) in [5.74, 6) is 0.438. The molecule has 1 fully saturated rings. The molecule has 1 N–H and O–H groups in total. The van der Waals surface area contributed by atoms with E-state index < -0.39 is 0 Å². The number of thioether (sulfide) groups is 1. The minimum Gasteiger partial charge on any atom is -0.351 e. The van der Waals surface area contributed by atoms with Gasteiger partial charge in [-0.15, -0.1) is 0 Å². The van der Waals surface area contributed by atoms with E-state index in [0.29, 0.717) is 10.9 Å². The molecule has 1 aliphatic rings. The third-order valence-electron chi connectivity index (χ3n) is 4.53. The van der Waals surface area contributed by atoms with Crippen LogP contribution in [0.3, 0.4) is 0 Å². The summed E-state index contributed by atoms with van der Waals surface area (Å²) in [4.78, 5) is 22.9. The zero-order valence-corrected chi connectivity index (χ0v) is 15.8. The van der Waals surface area contributed by atoms with Crippen molar-refractivity contribution >= 4 is 17.7 Å². The summed E-state index contributed by atoms with van der Waals surface area (Å²) < 4.78 is 0. The minimum absolute atomic E-state index is 0.0681. The van der Waals surface area contributed by atoms with Crippen molar-refractivity contribution < 1.29 is 4.79 Å². The van der Waals surface area contributed by atoms with Crippen LogP contribution in [0.1, 0.15) is 24.8 Å². The molecule has 6 heteroatoms. The normalized spacial score (nSPS) is 17.8. The Morgan fingerprint density at radius 1 is 1.19 bits per heavy atom. The highest BCUT2D eigenvalue weighted by Crippen LogP contribution is 2.14. The van der Waals surface area contributed by atoms with Gasteiger partial charge in [0.2, 0.25) is 5.91 Å². The van der Waals surface area contributed by atoms with Gasteiger partial charge in [-0.05, 0) is 50.4 Å². The van der Waals surface area contributed by atoms with E-state index in [-0.39, 0.29) is 11.9 Å². The summed E-state index contributed by atoms with van der Waals surface area (Å²) in [5, 5.41) is 3.82. The van der Waals surface area contributed by atoms with Crippen molar-refractivity contribution in [2.45, 2.75) is 36.9 Å². The van der Waals surface area contributed by atoms with Gasteiger partial charge in [0.1, 0.15) is 0 Å². The van der Waals surface area contributed by atoms with E-state index in [4.69, 9.17) is 0 Å². The predicted octanol–water partition coefficient (Wildman–Crippen LogP) is 2.78. The van der Waals surface area contributed by atoms with Gasteiger partial charge in [0.25, 0.3) is 0 Å².